The second-order valence-electron chi connectivity index (χ2n) is 13.7. The highest BCUT2D eigenvalue weighted by Gasteiger charge is 2.18. The van der Waals surface area contributed by atoms with Gasteiger partial charge in [0.1, 0.15) is 11.5 Å². The average molecular weight is 677 g/mol. The highest BCUT2D eigenvalue weighted by Crippen LogP contribution is 2.37. The minimum atomic E-state index is -0.352. The van der Waals surface area contributed by atoms with Crippen molar-refractivity contribution < 1.29 is 15.0 Å². The molecule has 0 saturated heterocycles. The Bertz CT molecular complexity index is 1810. The van der Waals surface area contributed by atoms with Gasteiger partial charge in [-0.1, -0.05) is 65.0 Å². The molecule has 0 fully saturated rings. The Balaban J connectivity index is 1.43. The molecule has 266 valence electrons. The predicted octanol–water partition coefficient (Wildman–Crippen LogP) is 10.6. The summed E-state index contributed by atoms with van der Waals surface area (Å²) >= 11 is 0. The van der Waals surface area contributed by atoms with Crippen LogP contribution >= 0.6 is 0 Å². The SMILES string of the molecule is C=C/C=C(\C=C/C)c1c(O)cc(NC(=O)c2ccc(Nc3ccc4c(c3)c(C)c(C)n4CC(C)CN(CCC)CCC(C)CC)cc2)cc1O. The van der Waals surface area contributed by atoms with Gasteiger partial charge >= 0.3 is 0 Å². The molecule has 0 spiro atoms. The summed E-state index contributed by atoms with van der Waals surface area (Å²) in [6.45, 7) is 23.7. The van der Waals surface area contributed by atoms with Crippen molar-refractivity contribution in [2.24, 2.45) is 11.8 Å². The van der Waals surface area contributed by atoms with Crippen LogP contribution in [0.4, 0.5) is 17.1 Å². The third-order valence-corrected chi connectivity index (χ3v) is 9.60. The number of rotatable bonds is 17. The Hall–Kier alpha value is -4.75. The van der Waals surface area contributed by atoms with E-state index in [0.29, 0.717) is 17.1 Å². The zero-order valence-corrected chi connectivity index (χ0v) is 31.0. The number of nitrogens with one attached hydrogen (secondary N) is 2. The van der Waals surface area contributed by atoms with Crippen molar-refractivity contribution in [3.05, 3.63) is 108 Å². The number of allylic oxidation sites excluding steroid dienone is 5. The molecule has 3 aromatic carbocycles. The molecule has 0 aliphatic carbocycles. The molecule has 7 nitrogen and oxygen atoms in total. The van der Waals surface area contributed by atoms with E-state index in [2.05, 4.69) is 86.4 Å². The van der Waals surface area contributed by atoms with Crippen molar-refractivity contribution in [2.75, 3.05) is 30.3 Å². The first kappa shape index (κ1) is 38.1. The Labute approximate surface area is 299 Å². The summed E-state index contributed by atoms with van der Waals surface area (Å²) in [5, 5.41) is 28.8. The Morgan fingerprint density at radius 3 is 2.24 bits per heavy atom. The van der Waals surface area contributed by atoms with E-state index in [0.717, 1.165) is 36.9 Å². The largest absolute Gasteiger partial charge is 0.507 e. The zero-order chi connectivity index (χ0) is 36.4. The number of benzene rings is 3. The molecule has 0 saturated carbocycles. The molecule has 0 bridgehead atoms. The van der Waals surface area contributed by atoms with E-state index in [-0.39, 0.29) is 28.7 Å². The molecule has 1 amide bonds. The number of carbonyl (C=O) groups is 1. The molecular weight excluding hydrogens is 620 g/mol. The van der Waals surface area contributed by atoms with E-state index in [4.69, 9.17) is 0 Å². The van der Waals surface area contributed by atoms with E-state index in [1.807, 2.05) is 19.1 Å². The lowest BCUT2D eigenvalue weighted by atomic mass is 10.0. The van der Waals surface area contributed by atoms with Gasteiger partial charge in [-0.25, -0.2) is 0 Å². The first-order chi connectivity index (χ1) is 24.0. The number of anilines is 3. The van der Waals surface area contributed by atoms with Crippen molar-refractivity contribution in [1.29, 1.82) is 0 Å². The molecular formula is C43H56N4O3. The summed E-state index contributed by atoms with van der Waals surface area (Å²) in [6.07, 6.45) is 10.5. The van der Waals surface area contributed by atoms with Crippen molar-refractivity contribution >= 4 is 39.4 Å². The van der Waals surface area contributed by atoms with Crippen LogP contribution < -0.4 is 10.6 Å². The second kappa shape index (κ2) is 17.8. The number of amides is 1. The highest BCUT2D eigenvalue weighted by molar-refractivity contribution is 6.05. The van der Waals surface area contributed by atoms with Crippen LogP contribution in [0.3, 0.4) is 0 Å². The number of phenolic OH excluding ortho intramolecular Hbond substituents is 2. The summed E-state index contributed by atoms with van der Waals surface area (Å²) in [7, 11) is 0. The summed E-state index contributed by atoms with van der Waals surface area (Å²) in [4.78, 5) is 15.7. The fourth-order valence-electron chi connectivity index (χ4n) is 6.57. The highest BCUT2D eigenvalue weighted by atomic mass is 16.3. The van der Waals surface area contributed by atoms with Crippen molar-refractivity contribution in [3.63, 3.8) is 0 Å². The van der Waals surface area contributed by atoms with Gasteiger partial charge in [0.2, 0.25) is 0 Å². The quantitative estimate of drug-likeness (QED) is 0.0836. The zero-order valence-electron chi connectivity index (χ0n) is 31.0. The van der Waals surface area contributed by atoms with Crippen molar-refractivity contribution in [1.82, 2.24) is 9.47 Å². The summed E-state index contributed by atoms with van der Waals surface area (Å²) in [6, 6.07) is 16.6. The van der Waals surface area contributed by atoms with E-state index < -0.39 is 0 Å². The van der Waals surface area contributed by atoms with E-state index in [9.17, 15) is 15.0 Å². The number of aryl methyl sites for hydroxylation is 1. The maximum Gasteiger partial charge on any atom is 0.255 e. The predicted molar refractivity (Wildman–Crippen MR) is 212 cm³/mol. The molecule has 4 rings (SSSR count). The minimum absolute atomic E-state index is 0.149. The van der Waals surface area contributed by atoms with Gasteiger partial charge < -0.3 is 30.3 Å². The normalized spacial score (nSPS) is 13.2. The number of nitrogens with zero attached hydrogens (tertiary/aromatic N) is 2. The van der Waals surface area contributed by atoms with E-state index >= 15 is 0 Å². The second-order valence-corrected chi connectivity index (χ2v) is 13.7. The molecule has 0 aliphatic rings. The van der Waals surface area contributed by atoms with Gasteiger partial charge in [0.05, 0.1) is 5.56 Å². The fourth-order valence-corrected chi connectivity index (χ4v) is 6.57. The molecule has 7 heteroatoms. The van der Waals surface area contributed by atoms with Gasteiger partial charge in [0.15, 0.2) is 0 Å². The van der Waals surface area contributed by atoms with Crippen molar-refractivity contribution in [3.8, 4) is 11.5 Å². The molecule has 2 unspecified atom stereocenters. The maximum absolute atomic E-state index is 13.1. The number of aromatic hydroxyl groups is 2. The Morgan fingerprint density at radius 1 is 0.940 bits per heavy atom. The van der Waals surface area contributed by atoms with Crippen LogP contribution in [-0.2, 0) is 6.54 Å². The van der Waals surface area contributed by atoms with Gasteiger partial charge in [-0.3, -0.25) is 4.79 Å². The lowest BCUT2D eigenvalue weighted by molar-refractivity contribution is 0.102. The van der Waals surface area contributed by atoms with Gasteiger partial charge in [0, 0.05) is 64.4 Å². The standard InChI is InChI=1S/C43H56N4O3/c1-9-13-33(14-10-2)42-40(48)25-37(26-41(42)49)45-43(50)34-15-17-35(18-16-34)44-36-19-20-39-38(24-36)31(7)32(8)47(39)28-30(6)27-46(22-11-3)23-21-29(5)12-4/h9-10,13-20,24-26,29-30,44,48-49H,1,11-12,21-23,27-28H2,2-8H3,(H,45,50)/b14-10-,33-13+. The van der Waals surface area contributed by atoms with Crippen LogP contribution in [0.1, 0.15) is 81.1 Å². The molecule has 4 aromatic rings. The number of hydrogen-bond donors (Lipinski definition) is 4. The molecule has 1 heterocycles. The van der Waals surface area contributed by atoms with Gasteiger partial charge in [0.25, 0.3) is 5.91 Å². The van der Waals surface area contributed by atoms with Crippen molar-refractivity contribution in [2.45, 2.75) is 74.3 Å². The maximum atomic E-state index is 13.1. The molecule has 50 heavy (non-hydrogen) atoms. The van der Waals surface area contributed by atoms with Gasteiger partial charge in [-0.15, -0.1) is 0 Å². The van der Waals surface area contributed by atoms with Crippen LogP contribution in [0.5, 0.6) is 11.5 Å². The third-order valence-electron chi connectivity index (χ3n) is 9.60. The first-order valence-electron chi connectivity index (χ1n) is 18.0. The minimum Gasteiger partial charge on any atom is -0.507 e. The summed E-state index contributed by atoms with van der Waals surface area (Å²) in [5.74, 6) is 0.656. The number of carbonyl (C=O) groups excluding carboxylic acids is 1. The number of aromatic nitrogens is 1. The number of hydrogen-bond acceptors (Lipinski definition) is 5. The third kappa shape index (κ3) is 9.48. The molecule has 0 aliphatic heterocycles. The van der Waals surface area contributed by atoms with Crippen LogP contribution in [-0.4, -0.2) is 45.2 Å². The lowest BCUT2D eigenvalue weighted by Crippen LogP contribution is -2.32. The van der Waals surface area contributed by atoms with Gasteiger partial charge in [-0.2, -0.15) is 0 Å². The van der Waals surface area contributed by atoms with Crippen LogP contribution in [0, 0.1) is 25.7 Å². The molecule has 4 N–H and O–H groups in total. The number of fused-ring (bicyclic) bond motifs is 1. The topological polar surface area (TPSA) is 89.8 Å². The molecule has 0 radical (unpaired) electrons. The Kier molecular flexibility index (Phi) is 13.5. The fraction of sp³-hybridized carbons (Fsp3) is 0.372. The van der Waals surface area contributed by atoms with E-state index in [1.54, 1.807) is 36.4 Å². The average Bonchev–Trinajstić information content (AvgIpc) is 3.31. The van der Waals surface area contributed by atoms with Crippen LogP contribution in [0.2, 0.25) is 0 Å². The summed E-state index contributed by atoms with van der Waals surface area (Å²) < 4.78 is 2.48. The molecule has 2 atom stereocenters. The van der Waals surface area contributed by atoms with E-state index in [1.165, 1.54) is 60.1 Å². The first-order valence-corrected chi connectivity index (χ1v) is 18.0. The van der Waals surface area contributed by atoms with Crippen LogP contribution in [0.25, 0.3) is 16.5 Å². The number of phenols is 2. The smallest absolute Gasteiger partial charge is 0.255 e. The Morgan fingerprint density at radius 2 is 1.62 bits per heavy atom. The lowest BCUT2D eigenvalue weighted by Gasteiger charge is -2.27. The molecule has 1 aromatic heterocycles. The summed E-state index contributed by atoms with van der Waals surface area (Å²) in [5.41, 5.74) is 7.32. The van der Waals surface area contributed by atoms with Gasteiger partial charge in [-0.05, 0) is 112 Å². The monoisotopic (exact) mass is 676 g/mol. The van der Waals surface area contributed by atoms with Crippen LogP contribution in [0.15, 0.2) is 85.5 Å².